The van der Waals surface area contributed by atoms with E-state index in [0.717, 1.165) is 22.9 Å². The Bertz CT molecular complexity index is 366. The van der Waals surface area contributed by atoms with Crippen molar-refractivity contribution in [1.29, 1.82) is 0 Å². The number of hydrogen-bond acceptors (Lipinski definition) is 2. The smallest absolute Gasteiger partial charge is 0.195 e. The molecular weight excluding hydrogens is 194 g/mol. The molecule has 0 radical (unpaired) electrons. The zero-order valence-electron chi connectivity index (χ0n) is 8.79. The first-order chi connectivity index (χ1) is 6.72. The molecule has 4 heteroatoms. The maximum Gasteiger partial charge on any atom is 0.195 e. The molecular formula is C10H17N3S. The van der Waals surface area contributed by atoms with Gasteiger partial charge in [-0.3, -0.25) is 5.10 Å². The molecule has 1 aromatic heterocycles. The van der Waals surface area contributed by atoms with Gasteiger partial charge in [-0.05, 0) is 37.4 Å². The van der Waals surface area contributed by atoms with Gasteiger partial charge in [-0.1, -0.05) is 13.8 Å². The largest absolute Gasteiger partial charge is 0.301 e. The summed E-state index contributed by atoms with van der Waals surface area (Å²) >= 11 is 5.26. The summed E-state index contributed by atoms with van der Waals surface area (Å²) in [6, 6.07) is 0.589. The molecule has 1 heterocycles. The molecule has 2 atom stereocenters. The Balaban J connectivity index is 2.30. The lowest BCUT2D eigenvalue weighted by Gasteiger charge is -2.13. The number of aryl methyl sites for hydroxylation is 1. The summed E-state index contributed by atoms with van der Waals surface area (Å²) in [5.41, 5.74) is 0. The van der Waals surface area contributed by atoms with Crippen molar-refractivity contribution in [2.45, 2.75) is 45.6 Å². The Morgan fingerprint density at radius 2 is 2.36 bits per heavy atom. The van der Waals surface area contributed by atoms with Crippen molar-refractivity contribution in [3.63, 3.8) is 0 Å². The number of aromatic amines is 1. The van der Waals surface area contributed by atoms with Gasteiger partial charge in [0.15, 0.2) is 4.77 Å². The van der Waals surface area contributed by atoms with Crippen LogP contribution in [0.1, 0.15) is 45.0 Å². The number of hydrogen-bond donors (Lipinski definition) is 1. The van der Waals surface area contributed by atoms with Gasteiger partial charge >= 0.3 is 0 Å². The first-order valence-corrected chi connectivity index (χ1v) is 5.79. The number of aromatic nitrogens is 3. The minimum Gasteiger partial charge on any atom is -0.301 e. The van der Waals surface area contributed by atoms with E-state index in [1.165, 1.54) is 19.3 Å². The van der Waals surface area contributed by atoms with E-state index in [2.05, 4.69) is 28.6 Å². The van der Waals surface area contributed by atoms with Gasteiger partial charge in [0, 0.05) is 12.5 Å². The van der Waals surface area contributed by atoms with Crippen molar-refractivity contribution in [2.75, 3.05) is 0 Å². The Kier molecular flexibility index (Phi) is 2.72. The van der Waals surface area contributed by atoms with Gasteiger partial charge in [-0.2, -0.15) is 5.10 Å². The third kappa shape index (κ3) is 1.63. The SMILES string of the molecule is CCc1n[nH]c(=S)n1C1CCC(C)C1. The highest BCUT2D eigenvalue weighted by Crippen LogP contribution is 2.34. The Morgan fingerprint density at radius 1 is 1.57 bits per heavy atom. The normalized spacial score (nSPS) is 27.0. The molecule has 0 aromatic carbocycles. The summed E-state index contributed by atoms with van der Waals surface area (Å²) in [5.74, 6) is 1.94. The quantitative estimate of drug-likeness (QED) is 0.763. The van der Waals surface area contributed by atoms with Crippen LogP contribution in [0.15, 0.2) is 0 Å². The van der Waals surface area contributed by atoms with Crippen LogP contribution in [0.5, 0.6) is 0 Å². The molecule has 1 fully saturated rings. The van der Waals surface area contributed by atoms with Crippen LogP contribution in [-0.4, -0.2) is 14.8 Å². The van der Waals surface area contributed by atoms with E-state index >= 15 is 0 Å². The van der Waals surface area contributed by atoms with Crippen molar-refractivity contribution in [1.82, 2.24) is 14.8 Å². The lowest BCUT2D eigenvalue weighted by molar-refractivity contribution is 0.473. The highest BCUT2D eigenvalue weighted by Gasteiger charge is 2.24. The van der Waals surface area contributed by atoms with Gasteiger partial charge in [0.05, 0.1) is 0 Å². The average Bonchev–Trinajstić information content (AvgIpc) is 2.71. The van der Waals surface area contributed by atoms with Crippen LogP contribution in [0.25, 0.3) is 0 Å². The molecule has 2 unspecified atom stereocenters. The van der Waals surface area contributed by atoms with Crippen molar-refractivity contribution < 1.29 is 0 Å². The lowest BCUT2D eigenvalue weighted by Crippen LogP contribution is -2.09. The van der Waals surface area contributed by atoms with E-state index in [1.807, 2.05) is 0 Å². The molecule has 1 aliphatic rings. The average molecular weight is 211 g/mol. The highest BCUT2D eigenvalue weighted by molar-refractivity contribution is 7.71. The first kappa shape index (κ1) is 9.90. The van der Waals surface area contributed by atoms with E-state index < -0.39 is 0 Å². The van der Waals surface area contributed by atoms with Gasteiger partial charge in [0.2, 0.25) is 0 Å². The fourth-order valence-electron chi connectivity index (χ4n) is 2.37. The topological polar surface area (TPSA) is 33.6 Å². The Labute approximate surface area is 89.5 Å². The van der Waals surface area contributed by atoms with Gasteiger partial charge in [0.1, 0.15) is 5.82 Å². The number of nitrogens with one attached hydrogen (secondary N) is 1. The van der Waals surface area contributed by atoms with E-state index in [0.29, 0.717) is 6.04 Å². The molecule has 0 aliphatic heterocycles. The van der Waals surface area contributed by atoms with E-state index in [9.17, 15) is 0 Å². The summed E-state index contributed by atoms with van der Waals surface area (Å²) in [7, 11) is 0. The second-order valence-electron chi connectivity index (χ2n) is 4.24. The standard InChI is InChI=1S/C10H17N3S/c1-3-9-11-12-10(14)13(9)8-5-4-7(2)6-8/h7-8H,3-6H2,1-2H3,(H,12,14). The van der Waals surface area contributed by atoms with Gasteiger partial charge in [-0.15, -0.1) is 0 Å². The Hall–Kier alpha value is -0.640. The zero-order valence-corrected chi connectivity index (χ0v) is 9.60. The third-order valence-corrected chi connectivity index (χ3v) is 3.41. The molecule has 2 rings (SSSR count). The number of rotatable bonds is 2. The molecule has 1 saturated carbocycles. The zero-order chi connectivity index (χ0) is 10.1. The monoisotopic (exact) mass is 211 g/mol. The van der Waals surface area contributed by atoms with Crippen molar-refractivity contribution in [3.8, 4) is 0 Å². The minimum absolute atomic E-state index is 0.589. The molecule has 0 bridgehead atoms. The molecule has 1 aliphatic carbocycles. The maximum atomic E-state index is 5.26. The molecule has 0 amide bonds. The predicted octanol–water partition coefficient (Wildman–Crippen LogP) is 2.86. The maximum absolute atomic E-state index is 5.26. The van der Waals surface area contributed by atoms with Crippen LogP contribution in [-0.2, 0) is 6.42 Å². The van der Waals surface area contributed by atoms with Crippen molar-refractivity contribution in [3.05, 3.63) is 10.6 Å². The molecule has 0 spiro atoms. The fourth-order valence-corrected chi connectivity index (χ4v) is 2.67. The van der Waals surface area contributed by atoms with Gasteiger partial charge in [0.25, 0.3) is 0 Å². The van der Waals surface area contributed by atoms with Crippen LogP contribution in [0.2, 0.25) is 0 Å². The second kappa shape index (κ2) is 3.85. The summed E-state index contributed by atoms with van der Waals surface area (Å²) in [5, 5.41) is 7.15. The van der Waals surface area contributed by atoms with Crippen molar-refractivity contribution >= 4 is 12.2 Å². The highest BCUT2D eigenvalue weighted by atomic mass is 32.1. The van der Waals surface area contributed by atoms with Gasteiger partial charge < -0.3 is 4.57 Å². The number of H-pyrrole nitrogens is 1. The van der Waals surface area contributed by atoms with Crippen LogP contribution >= 0.6 is 12.2 Å². The third-order valence-electron chi connectivity index (χ3n) is 3.13. The van der Waals surface area contributed by atoms with Crippen LogP contribution in [0, 0.1) is 10.7 Å². The fraction of sp³-hybridized carbons (Fsp3) is 0.800. The second-order valence-corrected chi connectivity index (χ2v) is 4.63. The summed E-state index contributed by atoms with van der Waals surface area (Å²) in [6.07, 6.45) is 4.78. The lowest BCUT2D eigenvalue weighted by atomic mass is 10.1. The summed E-state index contributed by atoms with van der Waals surface area (Å²) < 4.78 is 3.01. The minimum atomic E-state index is 0.589. The molecule has 3 nitrogen and oxygen atoms in total. The summed E-state index contributed by atoms with van der Waals surface area (Å²) in [4.78, 5) is 0. The molecule has 1 aromatic rings. The van der Waals surface area contributed by atoms with Gasteiger partial charge in [-0.25, -0.2) is 0 Å². The number of nitrogens with zero attached hydrogens (tertiary/aromatic N) is 2. The van der Waals surface area contributed by atoms with E-state index in [4.69, 9.17) is 12.2 Å². The molecule has 1 N–H and O–H groups in total. The summed E-state index contributed by atoms with van der Waals surface area (Å²) in [6.45, 7) is 4.44. The Morgan fingerprint density at radius 3 is 2.93 bits per heavy atom. The molecule has 0 saturated heterocycles. The van der Waals surface area contributed by atoms with Crippen LogP contribution < -0.4 is 0 Å². The predicted molar refractivity (Wildman–Crippen MR) is 58.8 cm³/mol. The van der Waals surface area contributed by atoms with E-state index in [1.54, 1.807) is 0 Å². The van der Waals surface area contributed by atoms with Crippen LogP contribution in [0.3, 0.4) is 0 Å². The van der Waals surface area contributed by atoms with Crippen LogP contribution in [0.4, 0.5) is 0 Å². The van der Waals surface area contributed by atoms with Crippen molar-refractivity contribution in [2.24, 2.45) is 5.92 Å². The molecule has 14 heavy (non-hydrogen) atoms. The first-order valence-electron chi connectivity index (χ1n) is 5.38. The molecule has 78 valence electrons. The van der Waals surface area contributed by atoms with E-state index in [-0.39, 0.29) is 0 Å².